The first kappa shape index (κ1) is 16.8. The molecule has 0 aromatic rings. The van der Waals surface area contributed by atoms with Crippen LogP contribution >= 0.6 is 0 Å². The molecule has 0 N–H and O–H groups in total. The normalized spacial score (nSPS) is 30.7. The summed E-state index contributed by atoms with van der Waals surface area (Å²) < 4.78 is 10.5. The third-order valence-electron chi connectivity index (χ3n) is 4.95. The lowest BCUT2D eigenvalue weighted by atomic mass is 9.61. The largest absolute Gasteiger partial charge is 0.461 e. The van der Waals surface area contributed by atoms with Crippen molar-refractivity contribution >= 4 is 11.9 Å². The lowest BCUT2D eigenvalue weighted by Gasteiger charge is -2.43. The SMILES string of the molecule is C=CCOC(=O)C1CCCC2CCCC(C(=O)OCC=C)C21. The number of fused-ring (bicyclic) bond motifs is 1. The average Bonchev–Trinajstić information content (AvgIpc) is 2.56. The first-order chi connectivity index (χ1) is 10.7. The van der Waals surface area contributed by atoms with E-state index in [2.05, 4.69) is 13.2 Å². The van der Waals surface area contributed by atoms with Gasteiger partial charge in [0.2, 0.25) is 0 Å². The Morgan fingerprint density at radius 2 is 1.32 bits per heavy atom. The standard InChI is InChI=1S/C18H26O4/c1-3-11-21-17(19)14-9-5-7-13-8-6-10-15(16(13)14)18(20)22-12-4-2/h3-4,13-16H,1-2,5-12H2. The number of esters is 2. The molecule has 2 aliphatic carbocycles. The summed E-state index contributed by atoms with van der Waals surface area (Å²) in [5, 5.41) is 0. The monoisotopic (exact) mass is 306 g/mol. The van der Waals surface area contributed by atoms with Gasteiger partial charge in [0.1, 0.15) is 13.2 Å². The zero-order valence-corrected chi connectivity index (χ0v) is 13.2. The second-order valence-corrected chi connectivity index (χ2v) is 6.25. The summed E-state index contributed by atoms with van der Waals surface area (Å²) in [5.41, 5.74) is 0. The molecule has 2 saturated carbocycles. The predicted molar refractivity (Wildman–Crippen MR) is 84.0 cm³/mol. The Hall–Kier alpha value is -1.58. The van der Waals surface area contributed by atoms with Crippen molar-refractivity contribution < 1.29 is 19.1 Å². The highest BCUT2D eigenvalue weighted by Crippen LogP contribution is 2.47. The van der Waals surface area contributed by atoms with Crippen molar-refractivity contribution in [2.45, 2.75) is 38.5 Å². The van der Waals surface area contributed by atoms with Crippen LogP contribution in [0.5, 0.6) is 0 Å². The van der Waals surface area contributed by atoms with E-state index in [4.69, 9.17) is 9.47 Å². The minimum atomic E-state index is -0.182. The minimum Gasteiger partial charge on any atom is -0.461 e. The van der Waals surface area contributed by atoms with Crippen LogP contribution in [0.2, 0.25) is 0 Å². The van der Waals surface area contributed by atoms with Gasteiger partial charge < -0.3 is 9.47 Å². The Morgan fingerprint density at radius 1 is 0.864 bits per heavy atom. The molecule has 22 heavy (non-hydrogen) atoms. The van der Waals surface area contributed by atoms with E-state index in [0.717, 1.165) is 38.5 Å². The Kier molecular flexibility index (Phi) is 6.22. The third-order valence-corrected chi connectivity index (χ3v) is 4.95. The Labute approximate surface area is 132 Å². The predicted octanol–water partition coefficient (Wildman–Crippen LogP) is 3.28. The van der Waals surface area contributed by atoms with Gasteiger partial charge in [0.25, 0.3) is 0 Å². The molecule has 2 rings (SSSR count). The summed E-state index contributed by atoms with van der Waals surface area (Å²) in [7, 11) is 0. The van der Waals surface area contributed by atoms with Crippen LogP contribution in [0.25, 0.3) is 0 Å². The highest BCUT2D eigenvalue weighted by Gasteiger charge is 2.47. The first-order valence-electron chi connectivity index (χ1n) is 8.24. The zero-order valence-electron chi connectivity index (χ0n) is 13.2. The third kappa shape index (κ3) is 3.79. The van der Waals surface area contributed by atoms with Crippen LogP contribution in [-0.4, -0.2) is 25.2 Å². The summed E-state index contributed by atoms with van der Waals surface area (Å²) in [4.78, 5) is 24.7. The second-order valence-electron chi connectivity index (χ2n) is 6.25. The molecule has 0 aromatic heterocycles. The molecule has 2 unspecified atom stereocenters. The molecule has 0 heterocycles. The van der Waals surface area contributed by atoms with Crippen LogP contribution < -0.4 is 0 Å². The zero-order chi connectivity index (χ0) is 15.9. The maximum Gasteiger partial charge on any atom is 0.309 e. The highest BCUT2D eigenvalue weighted by molar-refractivity contribution is 5.77. The van der Waals surface area contributed by atoms with E-state index in [0.29, 0.717) is 5.92 Å². The van der Waals surface area contributed by atoms with Crippen molar-refractivity contribution in [3.05, 3.63) is 25.3 Å². The summed E-state index contributed by atoms with van der Waals surface area (Å²) >= 11 is 0. The number of hydrogen-bond donors (Lipinski definition) is 0. The molecular weight excluding hydrogens is 280 g/mol. The van der Waals surface area contributed by atoms with E-state index < -0.39 is 0 Å². The van der Waals surface area contributed by atoms with Crippen molar-refractivity contribution in [3.8, 4) is 0 Å². The van der Waals surface area contributed by atoms with Crippen molar-refractivity contribution in [1.29, 1.82) is 0 Å². The fourth-order valence-electron chi connectivity index (χ4n) is 4.10. The number of rotatable bonds is 6. The van der Waals surface area contributed by atoms with Gasteiger partial charge in [-0.2, -0.15) is 0 Å². The van der Waals surface area contributed by atoms with E-state index >= 15 is 0 Å². The minimum absolute atomic E-state index is 0.0668. The fraction of sp³-hybridized carbons (Fsp3) is 0.667. The molecule has 0 aliphatic heterocycles. The highest BCUT2D eigenvalue weighted by atomic mass is 16.5. The maximum atomic E-state index is 12.4. The van der Waals surface area contributed by atoms with E-state index in [1.54, 1.807) is 12.2 Å². The smallest absolute Gasteiger partial charge is 0.309 e. The van der Waals surface area contributed by atoms with E-state index in [1.165, 1.54) is 0 Å². The molecule has 0 saturated heterocycles. The molecule has 0 amide bonds. The van der Waals surface area contributed by atoms with Crippen LogP contribution in [0.15, 0.2) is 25.3 Å². The Morgan fingerprint density at radius 3 is 1.73 bits per heavy atom. The van der Waals surface area contributed by atoms with Gasteiger partial charge in [-0.15, -0.1) is 0 Å². The van der Waals surface area contributed by atoms with Crippen LogP contribution in [0.4, 0.5) is 0 Å². The van der Waals surface area contributed by atoms with E-state index in [-0.39, 0.29) is 42.9 Å². The molecule has 122 valence electrons. The molecule has 2 aliphatic rings. The van der Waals surface area contributed by atoms with Gasteiger partial charge in [0, 0.05) is 0 Å². The van der Waals surface area contributed by atoms with Gasteiger partial charge in [-0.05, 0) is 24.7 Å². The van der Waals surface area contributed by atoms with Crippen molar-refractivity contribution in [3.63, 3.8) is 0 Å². The van der Waals surface area contributed by atoms with Crippen LogP contribution in [-0.2, 0) is 19.1 Å². The van der Waals surface area contributed by atoms with E-state index in [1.807, 2.05) is 0 Å². The quantitative estimate of drug-likeness (QED) is 0.558. The van der Waals surface area contributed by atoms with Crippen molar-refractivity contribution in [1.82, 2.24) is 0 Å². The molecule has 0 bridgehead atoms. The van der Waals surface area contributed by atoms with Gasteiger partial charge in [-0.25, -0.2) is 0 Å². The molecule has 0 spiro atoms. The summed E-state index contributed by atoms with van der Waals surface area (Å²) in [6.45, 7) is 7.62. The topological polar surface area (TPSA) is 52.6 Å². The number of ether oxygens (including phenoxy) is 2. The van der Waals surface area contributed by atoms with Crippen LogP contribution in [0, 0.1) is 23.7 Å². The summed E-state index contributed by atoms with van der Waals surface area (Å²) in [6, 6.07) is 0. The molecule has 0 radical (unpaired) electrons. The average molecular weight is 306 g/mol. The molecular formula is C18H26O4. The van der Waals surface area contributed by atoms with Crippen molar-refractivity contribution in [2.24, 2.45) is 23.7 Å². The van der Waals surface area contributed by atoms with Gasteiger partial charge in [0.05, 0.1) is 11.8 Å². The van der Waals surface area contributed by atoms with Gasteiger partial charge in [-0.1, -0.05) is 51.0 Å². The van der Waals surface area contributed by atoms with Gasteiger partial charge in [-0.3, -0.25) is 9.59 Å². The van der Waals surface area contributed by atoms with Gasteiger partial charge >= 0.3 is 11.9 Å². The molecule has 2 atom stereocenters. The lowest BCUT2D eigenvalue weighted by Crippen LogP contribution is -2.44. The lowest BCUT2D eigenvalue weighted by molar-refractivity contribution is -0.161. The fourth-order valence-corrected chi connectivity index (χ4v) is 4.10. The van der Waals surface area contributed by atoms with E-state index in [9.17, 15) is 9.59 Å². The maximum absolute atomic E-state index is 12.4. The van der Waals surface area contributed by atoms with Crippen LogP contribution in [0.3, 0.4) is 0 Å². The van der Waals surface area contributed by atoms with Crippen LogP contribution in [0.1, 0.15) is 38.5 Å². The number of carbonyl (C=O) groups excluding carboxylic acids is 2. The second kappa shape index (κ2) is 8.16. The number of hydrogen-bond acceptors (Lipinski definition) is 4. The van der Waals surface area contributed by atoms with Crippen molar-refractivity contribution in [2.75, 3.05) is 13.2 Å². The first-order valence-corrected chi connectivity index (χ1v) is 8.24. The molecule has 4 nitrogen and oxygen atoms in total. The van der Waals surface area contributed by atoms with Gasteiger partial charge in [0.15, 0.2) is 0 Å². The summed E-state index contributed by atoms with van der Waals surface area (Å²) in [5.74, 6) is -0.223. The molecule has 4 heteroatoms. The molecule has 0 aromatic carbocycles. The Bertz CT molecular complexity index is 391. The molecule has 2 fully saturated rings. The number of carbonyl (C=O) groups is 2. The summed E-state index contributed by atoms with van der Waals surface area (Å²) in [6.07, 6.45) is 9.03. The Balaban J connectivity index is 2.12.